The highest BCUT2D eigenvalue weighted by Gasteiger charge is 2.35. The number of benzene rings is 2. The molecule has 2 aromatic carbocycles. The molecule has 1 aliphatic heterocycles. The lowest BCUT2D eigenvalue weighted by molar-refractivity contribution is -0.138. The molecule has 0 aliphatic carbocycles. The van der Waals surface area contributed by atoms with Crippen molar-refractivity contribution < 1.29 is 17.4 Å². The molecule has 1 aromatic heterocycles. The maximum absolute atomic E-state index is 14.0. The summed E-state index contributed by atoms with van der Waals surface area (Å²) < 4.78 is 56.1. The zero-order valence-corrected chi connectivity index (χ0v) is 21.8. The number of fused-ring (bicyclic) bond motifs is 1. The lowest BCUT2D eigenvalue weighted by atomic mass is 10.0. The highest BCUT2D eigenvalue weighted by atomic mass is 35.5. The van der Waals surface area contributed by atoms with Crippen molar-refractivity contribution >= 4 is 38.1 Å². The molecule has 0 spiro atoms. The summed E-state index contributed by atoms with van der Waals surface area (Å²) in [6.07, 6.45) is -1.82. The Hall–Kier alpha value is -2.47. The molecule has 194 valence electrons. The van der Waals surface area contributed by atoms with Crippen LogP contribution in [0.1, 0.15) is 18.1 Å². The Morgan fingerprint density at radius 2 is 1.83 bits per heavy atom. The molecule has 2 heterocycles. The fourth-order valence-corrected chi connectivity index (χ4v) is 5.59. The molecule has 36 heavy (non-hydrogen) atoms. The van der Waals surface area contributed by atoms with E-state index in [4.69, 9.17) is 11.6 Å². The minimum Gasteiger partial charge on any atom is -0.304 e. The minimum atomic E-state index is -4.63. The van der Waals surface area contributed by atoms with Gasteiger partial charge in [-0.3, -0.25) is 15.1 Å². The number of nitrogens with one attached hydrogen (secondary N) is 1. The Labute approximate surface area is 213 Å². The molecule has 3 aromatic rings. The summed E-state index contributed by atoms with van der Waals surface area (Å²) in [4.78, 5) is 22.1. The molecule has 4 rings (SSSR count). The van der Waals surface area contributed by atoms with Crippen molar-refractivity contribution in [2.24, 2.45) is 0 Å². The van der Waals surface area contributed by atoms with Crippen molar-refractivity contribution in [1.29, 1.82) is 0 Å². The zero-order valence-electron chi connectivity index (χ0n) is 20.2. The third kappa shape index (κ3) is 5.59. The van der Waals surface area contributed by atoms with Crippen molar-refractivity contribution in [2.45, 2.75) is 24.5 Å². The van der Waals surface area contributed by atoms with E-state index in [1.165, 1.54) is 18.5 Å². The molecule has 0 amide bonds. The summed E-state index contributed by atoms with van der Waals surface area (Å²) in [6.45, 7) is 4.77. The van der Waals surface area contributed by atoms with E-state index >= 15 is 0 Å². The Morgan fingerprint density at radius 3 is 2.47 bits per heavy atom. The number of halogens is 4. The Bertz CT molecular complexity index is 1390. The average Bonchev–Trinajstić information content (AvgIpc) is 2.81. The van der Waals surface area contributed by atoms with Gasteiger partial charge in [0.2, 0.25) is 0 Å². The molecule has 1 unspecified atom stereocenters. The third-order valence-electron chi connectivity index (χ3n) is 6.48. The van der Waals surface area contributed by atoms with Crippen molar-refractivity contribution in [2.75, 3.05) is 50.7 Å². The quantitative estimate of drug-likeness (QED) is 0.471. The minimum absolute atomic E-state index is 0.0861. The fraction of sp³-hybridized carbons (Fsp3) is 0.417. The molecular weight excluding hydrogens is 515 g/mol. The summed E-state index contributed by atoms with van der Waals surface area (Å²) >= 11 is 6.12. The molecule has 0 bridgehead atoms. The van der Waals surface area contributed by atoms with Crippen LogP contribution in [-0.2, 0) is 26.9 Å². The van der Waals surface area contributed by atoms with E-state index in [9.17, 15) is 22.2 Å². The lowest BCUT2D eigenvalue weighted by Gasteiger charge is -2.33. The smallest absolute Gasteiger partial charge is 0.304 e. The molecule has 7 nitrogen and oxygen atoms in total. The van der Waals surface area contributed by atoms with Crippen LogP contribution in [0.2, 0.25) is 5.02 Å². The van der Waals surface area contributed by atoms with E-state index in [1.807, 2.05) is 11.9 Å². The van der Waals surface area contributed by atoms with Gasteiger partial charge in [0, 0.05) is 37.7 Å². The van der Waals surface area contributed by atoms with Crippen LogP contribution < -0.4 is 11.0 Å². The predicted molar refractivity (Wildman–Crippen MR) is 137 cm³/mol. The number of rotatable bonds is 6. The summed E-state index contributed by atoms with van der Waals surface area (Å²) in [5, 5.41) is 0.179. The second-order valence-corrected chi connectivity index (χ2v) is 12.5. The first kappa shape index (κ1) is 26.6. The fourth-order valence-electron chi connectivity index (χ4n) is 4.18. The van der Waals surface area contributed by atoms with E-state index < -0.39 is 27.2 Å². The Balaban J connectivity index is 1.76. The summed E-state index contributed by atoms with van der Waals surface area (Å²) in [5.74, 6) is 0.360. The van der Waals surface area contributed by atoms with Crippen LogP contribution >= 0.6 is 11.6 Å². The molecule has 1 atom stereocenters. The van der Waals surface area contributed by atoms with Crippen LogP contribution in [0.5, 0.6) is 0 Å². The van der Waals surface area contributed by atoms with Gasteiger partial charge in [-0.2, -0.15) is 13.2 Å². The maximum atomic E-state index is 14.0. The Kier molecular flexibility index (Phi) is 7.47. The van der Waals surface area contributed by atoms with Crippen molar-refractivity contribution in [3.05, 3.63) is 63.2 Å². The standard InChI is InChI=1S/C24H28ClF3N5O2S/c1-4-36(3,35)22-6-5-17(25)12-21(22)30-33-15-29-20-11-16(14-32-9-7-31(2)8-10-32)19(24(26,27)28)13-18(20)23(33)34/h5-6,11-13,15,30H,4,7-10,14H2,1-3H3/q+1. The van der Waals surface area contributed by atoms with Gasteiger partial charge < -0.3 is 4.90 Å². The molecule has 12 heteroatoms. The normalized spacial score (nSPS) is 17.3. The molecule has 0 saturated carbocycles. The molecule has 1 N–H and O–H groups in total. The number of likely N-dealkylation sites (N-methyl/N-ethyl adjacent to an activating group) is 1. The molecule has 0 radical (unpaired) electrons. The highest BCUT2D eigenvalue weighted by Crippen LogP contribution is 2.35. The molecule has 1 fully saturated rings. The van der Waals surface area contributed by atoms with Gasteiger partial charge in [0.05, 0.1) is 16.5 Å². The van der Waals surface area contributed by atoms with Crippen LogP contribution in [0.25, 0.3) is 10.9 Å². The molecule has 1 saturated heterocycles. The monoisotopic (exact) mass is 542 g/mol. The second kappa shape index (κ2) is 10.1. The van der Waals surface area contributed by atoms with Crippen LogP contribution in [0, 0.1) is 0 Å². The second-order valence-electron chi connectivity index (χ2n) is 9.07. The number of hydrogen-bond donors (Lipinski definition) is 1. The van der Waals surface area contributed by atoms with Crippen LogP contribution in [0.4, 0.5) is 18.9 Å². The number of hydrogen-bond acceptors (Lipinski definition) is 6. The topological polar surface area (TPSA) is 70.5 Å². The van der Waals surface area contributed by atoms with E-state index in [1.54, 1.807) is 25.3 Å². The van der Waals surface area contributed by atoms with Gasteiger partial charge in [-0.05, 0) is 49.9 Å². The van der Waals surface area contributed by atoms with E-state index in [0.717, 1.165) is 23.8 Å². The number of piperazine rings is 1. The Morgan fingerprint density at radius 1 is 1.14 bits per heavy atom. The van der Waals surface area contributed by atoms with Crippen LogP contribution in [0.3, 0.4) is 0 Å². The largest absolute Gasteiger partial charge is 0.416 e. The van der Waals surface area contributed by atoms with Gasteiger partial charge in [-0.1, -0.05) is 15.8 Å². The number of nitrogens with zero attached hydrogens (tertiary/aromatic N) is 4. The third-order valence-corrected chi connectivity index (χ3v) is 9.10. The average molecular weight is 543 g/mol. The van der Waals surface area contributed by atoms with Gasteiger partial charge in [-0.25, -0.2) is 9.66 Å². The van der Waals surface area contributed by atoms with Gasteiger partial charge in [-0.15, -0.1) is 0 Å². The summed E-state index contributed by atoms with van der Waals surface area (Å²) in [7, 11) is -0.457. The zero-order chi connectivity index (χ0) is 26.3. The number of aromatic nitrogens is 2. The van der Waals surface area contributed by atoms with E-state index in [-0.39, 0.29) is 23.0 Å². The van der Waals surface area contributed by atoms with Crippen molar-refractivity contribution in [3.8, 4) is 0 Å². The first-order valence-electron chi connectivity index (χ1n) is 11.4. The predicted octanol–water partition coefficient (Wildman–Crippen LogP) is 4.20. The van der Waals surface area contributed by atoms with Crippen molar-refractivity contribution in [3.63, 3.8) is 0 Å². The SMILES string of the molecule is CC[S+](C)(=O)c1ccc(Cl)cc1Nn1cnc2cc(CN3CCN(C)CC3)c(C(F)(F)F)cc2c1=O. The molecule has 1 aliphatic rings. The maximum Gasteiger partial charge on any atom is 0.416 e. The molecular formula is C24H28ClF3N5O2S+. The summed E-state index contributed by atoms with van der Waals surface area (Å²) in [5.41, 5.74) is 1.87. The van der Waals surface area contributed by atoms with Gasteiger partial charge in [0.1, 0.15) is 34.0 Å². The van der Waals surface area contributed by atoms with E-state index in [2.05, 4.69) is 15.3 Å². The van der Waals surface area contributed by atoms with Crippen molar-refractivity contribution in [1.82, 2.24) is 19.5 Å². The highest BCUT2D eigenvalue weighted by molar-refractivity contribution is 8.02. The van der Waals surface area contributed by atoms with Crippen LogP contribution in [0.15, 0.2) is 46.3 Å². The van der Waals surface area contributed by atoms with Gasteiger partial charge >= 0.3 is 6.18 Å². The number of alkyl halides is 3. The first-order chi connectivity index (χ1) is 16.9. The van der Waals surface area contributed by atoms with Gasteiger partial charge in [0.15, 0.2) is 4.90 Å². The lowest BCUT2D eigenvalue weighted by Crippen LogP contribution is -2.44. The first-order valence-corrected chi connectivity index (χ1v) is 14.0. The van der Waals surface area contributed by atoms with Crippen LogP contribution in [-0.4, -0.2) is 64.7 Å². The number of anilines is 1. The van der Waals surface area contributed by atoms with Gasteiger partial charge in [0.25, 0.3) is 5.56 Å². The van der Waals surface area contributed by atoms with E-state index in [0.29, 0.717) is 34.4 Å². The summed E-state index contributed by atoms with van der Waals surface area (Å²) in [6, 6.07) is 6.96.